The van der Waals surface area contributed by atoms with Crippen molar-refractivity contribution in [3.05, 3.63) is 40.9 Å². The van der Waals surface area contributed by atoms with Crippen molar-refractivity contribution in [2.45, 2.75) is 0 Å². The van der Waals surface area contributed by atoms with Gasteiger partial charge in [-0.3, -0.25) is 0 Å². The second-order valence-corrected chi connectivity index (χ2v) is 2.34. The molecule has 0 radical (unpaired) electrons. The van der Waals surface area contributed by atoms with Gasteiger partial charge in [0.05, 0.1) is 5.02 Å². The molecule has 0 fully saturated rings. The molecular weight excluding hydrogens is 170 g/mol. The molecule has 3 heteroatoms. The first kappa shape index (κ1) is 8.21. The minimum absolute atomic E-state index is 0.00617. The molecular formula is C8H5ClF2. The van der Waals surface area contributed by atoms with Crippen LogP contribution in [0.2, 0.25) is 5.02 Å². The van der Waals surface area contributed by atoms with Gasteiger partial charge in [0.1, 0.15) is 11.6 Å². The maximum atomic E-state index is 12.7. The number of benzene rings is 1. The quantitative estimate of drug-likeness (QED) is 0.574. The van der Waals surface area contributed by atoms with Crippen LogP contribution in [0.25, 0.3) is 6.08 Å². The second kappa shape index (κ2) is 3.01. The zero-order valence-electron chi connectivity index (χ0n) is 5.57. The van der Waals surface area contributed by atoms with Crippen molar-refractivity contribution in [2.24, 2.45) is 0 Å². The summed E-state index contributed by atoms with van der Waals surface area (Å²) in [7, 11) is 0. The molecule has 58 valence electrons. The van der Waals surface area contributed by atoms with E-state index in [1.165, 1.54) is 6.08 Å². The van der Waals surface area contributed by atoms with E-state index in [0.29, 0.717) is 0 Å². The van der Waals surface area contributed by atoms with E-state index in [2.05, 4.69) is 6.58 Å². The van der Waals surface area contributed by atoms with Gasteiger partial charge in [-0.1, -0.05) is 24.3 Å². The Morgan fingerprint density at radius 1 is 1.27 bits per heavy atom. The first-order chi connectivity index (χ1) is 5.16. The summed E-state index contributed by atoms with van der Waals surface area (Å²) in [6.07, 6.45) is 1.18. The molecule has 0 heterocycles. The fourth-order valence-corrected chi connectivity index (χ4v) is 0.960. The highest BCUT2D eigenvalue weighted by molar-refractivity contribution is 6.32. The molecule has 1 rings (SSSR count). The maximum Gasteiger partial charge on any atom is 0.142 e. The van der Waals surface area contributed by atoms with E-state index in [0.717, 1.165) is 12.1 Å². The predicted octanol–water partition coefficient (Wildman–Crippen LogP) is 3.26. The van der Waals surface area contributed by atoms with E-state index in [9.17, 15) is 8.78 Å². The first-order valence-electron chi connectivity index (χ1n) is 2.92. The predicted molar refractivity (Wildman–Crippen MR) is 41.5 cm³/mol. The minimum Gasteiger partial charge on any atom is -0.206 e. The lowest BCUT2D eigenvalue weighted by Gasteiger charge is -1.99. The second-order valence-electron chi connectivity index (χ2n) is 1.96. The molecule has 11 heavy (non-hydrogen) atoms. The third kappa shape index (κ3) is 1.40. The summed E-state index contributed by atoms with van der Waals surface area (Å²) < 4.78 is 25.3. The van der Waals surface area contributed by atoms with Crippen LogP contribution in [0.1, 0.15) is 5.56 Å². The Morgan fingerprint density at radius 2 is 1.82 bits per heavy atom. The molecule has 0 aliphatic heterocycles. The van der Waals surface area contributed by atoms with Gasteiger partial charge in [-0.05, 0) is 12.1 Å². The summed E-state index contributed by atoms with van der Waals surface area (Å²) in [6.45, 7) is 3.30. The average Bonchev–Trinajstić information content (AvgIpc) is 1.99. The summed E-state index contributed by atoms with van der Waals surface area (Å²) in [5.74, 6) is -1.20. The van der Waals surface area contributed by atoms with Gasteiger partial charge in [0.15, 0.2) is 0 Å². The lowest BCUT2D eigenvalue weighted by Crippen LogP contribution is -1.86. The van der Waals surface area contributed by atoms with Crippen LogP contribution < -0.4 is 0 Å². The maximum absolute atomic E-state index is 12.7. The SMILES string of the molecule is C=Cc1c(F)ccc(F)c1Cl. The minimum atomic E-state index is -0.636. The van der Waals surface area contributed by atoms with Crippen molar-refractivity contribution < 1.29 is 8.78 Å². The van der Waals surface area contributed by atoms with Crippen molar-refractivity contribution in [1.29, 1.82) is 0 Å². The van der Waals surface area contributed by atoms with Crippen LogP contribution in [0, 0.1) is 11.6 Å². The van der Waals surface area contributed by atoms with Gasteiger partial charge in [-0.25, -0.2) is 8.78 Å². The largest absolute Gasteiger partial charge is 0.206 e. The summed E-state index contributed by atoms with van der Waals surface area (Å²) in [5.41, 5.74) is 0.00617. The Bertz CT molecular complexity index is 294. The molecule has 0 nitrogen and oxygen atoms in total. The average molecular weight is 175 g/mol. The molecule has 0 bridgehead atoms. The first-order valence-corrected chi connectivity index (χ1v) is 3.30. The van der Waals surface area contributed by atoms with E-state index >= 15 is 0 Å². The third-order valence-corrected chi connectivity index (χ3v) is 1.67. The Kier molecular flexibility index (Phi) is 2.25. The highest BCUT2D eigenvalue weighted by Crippen LogP contribution is 2.23. The molecule has 1 aromatic carbocycles. The Hall–Kier alpha value is -0.890. The van der Waals surface area contributed by atoms with Gasteiger partial charge < -0.3 is 0 Å². The topological polar surface area (TPSA) is 0 Å². The summed E-state index contributed by atoms with van der Waals surface area (Å²) in [5, 5.41) is -0.222. The van der Waals surface area contributed by atoms with Gasteiger partial charge in [0.2, 0.25) is 0 Å². The Morgan fingerprint density at radius 3 is 2.27 bits per heavy atom. The monoisotopic (exact) mass is 174 g/mol. The Balaban J connectivity index is 3.40. The van der Waals surface area contributed by atoms with Gasteiger partial charge in [0.25, 0.3) is 0 Å². The fraction of sp³-hybridized carbons (Fsp3) is 0. The molecule has 0 spiro atoms. The summed E-state index contributed by atoms with van der Waals surface area (Å²) in [4.78, 5) is 0. The van der Waals surface area contributed by atoms with Crippen molar-refractivity contribution in [3.8, 4) is 0 Å². The number of halogens is 3. The van der Waals surface area contributed by atoms with Crippen LogP contribution in [-0.4, -0.2) is 0 Å². The standard InChI is InChI=1S/C8H5ClF2/c1-2-5-6(10)3-4-7(11)8(5)9/h2-4H,1H2. The van der Waals surface area contributed by atoms with Crippen LogP contribution in [-0.2, 0) is 0 Å². The zero-order valence-corrected chi connectivity index (χ0v) is 6.33. The van der Waals surface area contributed by atoms with Crippen molar-refractivity contribution in [1.82, 2.24) is 0 Å². The third-order valence-electron chi connectivity index (χ3n) is 1.28. The molecule has 0 saturated carbocycles. The van der Waals surface area contributed by atoms with E-state index < -0.39 is 11.6 Å². The van der Waals surface area contributed by atoms with E-state index in [4.69, 9.17) is 11.6 Å². The van der Waals surface area contributed by atoms with Gasteiger partial charge in [-0.15, -0.1) is 0 Å². The van der Waals surface area contributed by atoms with Crippen LogP contribution in [0.3, 0.4) is 0 Å². The molecule has 0 atom stereocenters. The summed E-state index contributed by atoms with van der Waals surface area (Å²) in [6, 6.07) is 1.99. The van der Waals surface area contributed by atoms with Crippen molar-refractivity contribution in [2.75, 3.05) is 0 Å². The van der Waals surface area contributed by atoms with Crippen LogP contribution >= 0.6 is 11.6 Å². The number of rotatable bonds is 1. The summed E-state index contributed by atoms with van der Waals surface area (Å²) >= 11 is 5.41. The van der Waals surface area contributed by atoms with E-state index in [-0.39, 0.29) is 10.6 Å². The smallest absolute Gasteiger partial charge is 0.142 e. The molecule has 0 aromatic heterocycles. The highest BCUT2D eigenvalue weighted by Gasteiger charge is 2.07. The van der Waals surface area contributed by atoms with Gasteiger partial charge in [-0.2, -0.15) is 0 Å². The molecule has 0 aliphatic rings. The zero-order chi connectivity index (χ0) is 8.43. The van der Waals surface area contributed by atoms with Crippen molar-refractivity contribution >= 4 is 17.7 Å². The van der Waals surface area contributed by atoms with E-state index in [1.54, 1.807) is 0 Å². The van der Waals surface area contributed by atoms with Crippen LogP contribution in [0.15, 0.2) is 18.7 Å². The van der Waals surface area contributed by atoms with Crippen LogP contribution in [0.4, 0.5) is 8.78 Å². The molecule has 0 unspecified atom stereocenters. The Labute approximate surface area is 68.1 Å². The van der Waals surface area contributed by atoms with Crippen LogP contribution in [0.5, 0.6) is 0 Å². The van der Waals surface area contributed by atoms with Crippen molar-refractivity contribution in [3.63, 3.8) is 0 Å². The van der Waals surface area contributed by atoms with E-state index in [1.807, 2.05) is 0 Å². The van der Waals surface area contributed by atoms with Gasteiger partial charge >= 0.3 is 0 Å². The number of hydrogen-bond donors (Lipinski definition) is 0. The molecule has 0 aliphatic carbocycles. The molecule has 0 saturated heterocycles. The highest BCUT2D eigenvalue weighted by atomic mass is 35.5. The van der Waals surface area contributed by atoms with Gasteiger partial charge in [0, 0.05) is 5.56 Å². The number of hydrogen-bond acceptors (Lipinski definition) is 0. The molecule has 0 amide bonds. The molecule has 1 aromatic rings. The lowest BCUT2D eigenvalue weighted by atomic mass is 10.2. The lowest BCUT2D eigenvalue weighted by molar-refractivity contribution is 0.598. The fourth-order valence-electron chi connectivity index (χ4n) is 0.730. The normalized spacial score (nSPS) is 9.73. The molecule has 0 N–H and O–H groups in total.